The molecule has 7 nitrogen and oxygen atoms in total. The largest absolute Gasteiger partial charge is 0.493 e. The lowest BCUT2D eigenvalue weighted by Gasteiger charge is -2.27. The molecule has 6 rings (SSSR count). The van der Waals surface area contributed by atoms with Crippen LogP contribution < -0.4 is 19.7 Å². The number of ether oxygens (including phenoxy) is 2. The van der Waals surface area contributed by atoms with Crippen molar-refractivity contribution in [3.8, 4) is 34.0 Å². The van der Waals surface area contributed by atoms with Crippen LogP contribution in [-0.2, 0) is 0 Å². The zero-order valence-electron chi connectivity index (χ0n) is 22.5. The zero-order chi connectivity index (χ0) is 27.5. The topological polar surface area (TPSA) is 72.4 Å². The standard InChI is InChI=1S/C32H30ClN5O2/c1-39-30-13-8-22(18-31(30)40-2)28-20-27(36-32(37-28)38-16-4-3-5-17-38)21-6-10-24(11-7-21)35-26-14-15-34-29-19-23(33)9-12-25(26)29/h6-15,18-20H,3-5,16-17H2,1-2H3,(H,34,35). The lowest BCUT2D eigenvalue weighted by atomic mass is 10.1. The third kappa shape index (κ3) is 5.38. The molecule has 2 aromatic heterocycles. The van der Waals surface area contributed by atoms with Crippen molar-refractivity contribution >= 4 is 39.8 Å². The quantitative estimate of drug-likeness (QED) is 0.221. The predicted molar refractivity (Wildman–Crippen MR) is 162 cm³/mol. The molecular formula is C32H30ClN5O2. The normalized spacial score (nSPS) is 13.3. The van der Waals surface area contributed by atoms with Crippen molar-refractivity contribution in [2.24, 2.45) is 0 Å². The van der Waals surface area contributed by atoms with Crippen molar-refractivity contribution in [3.05, 3.63) is 84.0 Å². The lowest BCUT2D eigenvalue weighted by molar-refractivity contribution is 0.355. The molecule has 0 aliphatic carbocycles. The number of aromatic nitrogens is 3. The van der Waals surface area contributed by atoms with E-state index in [2.05, 4.69) is 39.5 Å². The van der Waals surface area contributed by atoms with Crippen molar-refractivity contribution < 1.29 is 9.47 Å². The van der Waals surface area contributed by atoms with E-state index in [1.54, 1.807) is 20.4 Å². The number of benzene rings is 3. The first-order chi connectivity index (χ1) is 19.6. The smallest absolute Gasteiger partial charge is 0.226 e. The molecule has 0 bridgehead atoms. The number of pyridine rings is 1. The third-order valence-electron chi connectivity index (χ3n) is 7.20. The number of methoxy groups -OCH3 is 2. The van der Waals surface area contributed by atoms with E-state index in [4.69, 9.17) is 31.0 Å². The molecule has 0 spiro atoms. The molecule has 3 aromatic carbocycles. The number of hydrogen-bond donors (Lipinski definition) is 1. The molecule has 8 heteroatoms. The number of piperidine rings is 1. The molecule has 3 heterocycles. The van der Waals surface area contributed by atoms with E-state index in [1.165, 1.54) is 6.42 Å². The van der Waals surface area contributed by atoms with Crippen LogP contribution in [0.1, 0.15) is 19.3 Å². The zero-order valence-corrected chi connectivity index (χ0v) is 23.3. The summed E-state index contributed by atoms with van der Waals surface area (Å²) in [6.07, 6.45) is 5.33. The summed E-state index contributed by atoms with van der Waals surface area (Å²) in [7, 11) is 3.28. The SMILES string of the molecule is COc1ccc(-c2cc(-c3ccc(Nc4ccnc5cc(Cl)ccc45)cc3)nc(N3CCCCC3)n2)cc1OC. The molecule has 1 fully saturated rings. The van der Waals surface area contributed by atoms with Crippen LogP contribution in [0.3, 0.4) is 0 Å². The maximum absolute atomic E-state index is 6.16. The molecule has 1 saturated heterocycles. The fourth-order valence-electron chi connectivity index (χ4n) is 5.07. The molecule has 1 N–H and O–H groups in total. The van der Waals surface area contributed by atoms with Crippen LogP contribution in [0.5, 0.6) is 11.5 Å². The molecule has 0 atom stereocenters. The second kappa shape index (κ2) is 11.4. The Hall–Kier alpha value is -4.36. The van der Waals surface area contributed by atoms with Crippen LogP contribution in [0.2, 0.25) is 5.02 Å². The van der Waals surface area contributed by atoms with Gasteiger partial charge in [-0.25, -0.2) is 9.97 Å². The Morgan fingerprint density at radius 2 is 1.48 bits per heavy atom. The third-order valence-corrected chi connectivity index (χ3v) is 7.43. The maximum atomic E-state index is 6.16. The van der Waals surface area contributed by atoms with Crippen LogP contribution in [-0.4, -0.2) is 42.3 Å². The van der Waals surface area contributed by atoms with Crippen molar-refractivity contribution in [2.45, 2.75) is 19.3 Å². The van der Waals surface area contributed by atoms with Gasteiger partial charge in [0.15, 0.2) is 11.5 Å². The van der Waals surface area contributed by atoms with Crippen LogP contribution in [0, 0.1) is 0 Å². The second-order valence-corrected chi connectivity index (χ2v) is 10.2. The van der Waals surface area contributed by atoms with Crippen molar-refractivity contribution in [1.82, 2.24) is 15.0 Å². The Labute approximate surface area is 238 Å². The molecule has 0 unspecified atom stereocenters. The molecule has 0 amide bonds. The highest BCUT2D eigenvalue weighted by Crippen LogP contribution is 2.34. The number of nitrogens with one attached hydrogen (secondary N) is 1. The van der Waals surface area contributed by atoms with Crippen LogP contribution in [0.15, 0.2) is 79.0 Å². The molecule has 40 heavy (non-hydrogen) atoms. The first-order valence-electron chi connectivity index (χ1n) is 13.4. The number of rotatable bonds is 7. The highest BCUT2D eigenvalue weighted by Gasteiger charge is 2.18. The van der Waals surface area contributed by atoms with E-state index < -0.39 is 0 Å². The molecular weight excluding hydrogens is 522 g/mol. The fourth-order valence-corrected chi connectivity index (χ4v) is 5.24. The van der Waals surface area contributed by atoms with E-state index in [1.807, 2.05) is 48.5 Å². The summed E-state index contributed by atoms with van der Waals surface area (Å²) < 4.78 is 11.0. The van der Waals surface area contributed by atoms with Gasteiger partial charge in [0, 0.05) is 52.2 Å². The number of anilines is 3. The minimum absolute atomic E-state index is 0.668. The van der Waals surface area contributed by atoms with Gasteiger partial charge in [0.05, 0.1) is 31.1 Å². The van der Waals surface area contributed by atoms with Gasteiger partial charge in [-0.2, -0.15) is 0 Å². The first-order valence-corrected chi connectivity index (χ1v) is 13.8. The average molecular weight is 552 g/mol. The monoisotopic (exact) mass is 551 g/mol. The van der Waals surface area contributed by atoms with Crippen molar-refractivity contribution in [1.29, 1.82) is 0 Å². The summed E-state index contributed by atoms with van der Waals surface area (Å²) in [4.78, 5) is 16.7. The van der Waals surface area contributed by atoms with Gasteiger partial charge in [-0.3, -0.25) is 4.98 Å². The number of nitrogens with zero attached hydrogens (tertiary/aromatic N) is 4. The predicted octanol–water partition coefficient (Wildman–Crippen LogP) is 7.76. The average Bonchev–Trinajstić information content (AvgIpc) is 3.01. The lowest BCUT2D eigenvalue weighted by Crippen LogP contribution is -2.31. The summed E-state index contributed by atoms with van der Waals surface area (Å²) >= 11 is 6.16. The van der Waals surface area contributed by atoms with Gasteiger partial charge in [-0.05, 0) is 79.9 Å². The first kappa shape index (κ1) is 25.9. The molecule has 1 aliphatic rings. The van der Waals surface area contributed by atoms with Gasteiger partial charge >= 0.3 is 0 Å². The van der Waals surface area contributed by atoms with Gasteiger partial charge in [0.2, 0.25) is 5.95 Å². The molecule has 202 valence electrons. The Bertz CT molecular complexity index is 1650. The Balaban J connectivity index is 1.35. The Morgan fingerprint density at radius 3 is 2.23 bits per heavy atom. The van der Waals surface area contributed by atoms with Gasteiger partial charge in [-0.15, -0.1) is 0 Å². The summed E-state index contributed by atoms with van der Waals surface area (Å²) in [6, 6.07) is 23.9. The summed E-state index contributed by atoms with van der Waals surface area (Å²) in [5.74, 6) is 2.11. The Morgan fingerprint density at radius 1 is 0.750 bits per heavy atom. The van der Waals surface area contributed by atoms with Crippen LogP contribution in [0.4, 0.5) is 17.3 Å². The maximum Gasteiger partial charge on any atom is 0.226 e. The number of halogens is 1. The van der Waals surface area contributed by atoms with E-state index in [9.17, 15) is 0 Å². The second-order valence-electron chi connectivity index (χ2n) is 9.78. The van der Waals surface area contributed by atoms with Crippen molar-refractivity contribution in [2.75, 3.05) is 37.5 Å². The minimum Gasteiger partial charge on any atom is -0.493 e. The highest BCUT2D eigenvalue weighted by molar-refractivity contribution is 6.31. The molecule has 5 aromatic rings. The summed E-state index contributed by atoms with van der Waals surface area (Å²) in [6.45, 7) is 1.92. The van der Waals surface area contributed by atoms with Crippen LogP contribution >= 0.6 is 11.6 Å². The minimum atomic E-state index is 0.668. The van der Waals surface area contributed by atoms with Gasteiger partial charge in [-0.1, -0.05) is 23.7 Å². The fraction of sp³-hybridized carbons (Fsp3) is 0.219. The number of fused-ring (bicyclic) bond motifs is 1. The van der Waals surface area contributed by atoms with E-state index in [0.29, 0.717) is 16.5 Å². The van der Waals surface area contributed by atoms with E-state index in [-0.39, 0.29) is 0 Å². The van der Waals surface area contributed by atoms with Crippen molar-refractivity contribution in [3.63, 3.8) is 0 Å². The van der Waals surface area contributed by atoms with Crippen LogP contribution in [0.25, 0.3) is 33.4 Å². The summed E-state index contributed by atoms with van der Waals surface area (Å²) in [5.41, 5.74) is 6.47. The van der Waals surface area contributed by atoms with Gasteiger partial charge in [0.1, 0.15) is 0 Å². The van der Waals surface area contributed by atoms with E-state index in [0.717, 1.165) is 76.7 Å². The molecule has 0 radical (unpaired) electrons. The Kier molecular flexibility index (Phi) is 7.38. The summed E-state index contributed by atoms with van der Waals surface area (Å²) in [5, 5.41) is 5.20. The number of hydrogen-bond acceptors (Lipinski definition) is 7. The molecule has 0 saturated carbocycles. The van der Waals surface area contributed by atoms with Gasteiger partial charge in [0.25, 0.3) is 0 Å². The van der Waals surface area contributed by atoms with E-state index >= 15 is 0 Å². The highest BCUT2D eigenvalue weighted by atomic mass is 35.5. The molecule has 1 aliphatic heterocycles. The van der Waals surface area contributed by atoms with Gasteiger partial charge < -0.3 is 19.7 Å².